The Bertz CT molecular complexity index is 465. The standard InChI is InChI=1S/C17H26FN3/c1-2-5-19-13-14-10-15(18)12-17(11-14)21-8-6-20(7-9-21)16-3-4-16/h10-12,16,19H,2-9,13H2,1H3. The maximum Gasteiger partial charge on any atom is 0.125 e. The topological polar surface area (TPSA) is 18.5 Å². The molecule has 1 heterocycles. The Balaban J connectivity index is 1.61. The van der Waals surface area contributed by atoms with Crippen molar-refractivity contribution in [3.8, 4) is 0 Å². The first kappa shape index (κ1) is 14.8. The maximum atomic E-state index is 13.8. The SMILES string of the molecule is CCCNCc1cc(F)cc(N2CCN(C3CC3)CC2)c1. The largest absolute Gasteiger partial charge is 0.369 e. The van der Waals surface area contributed by atoms with Crippen molar-refractivity contribution in [3.63, 3.8) is 0 Å². The van der Waals surface area contributed by atoms with Gasteiger partial charge in [0.05, 0.1) is 0 Å². The summed E-state index contributed by atoms with van der Waals surface area (Å²) >= 11 is 0. The van der Waals surface area contributed by atoms with Crippen molar-refractivity contribution in [3.05, 3.63) is 29.6 Å². The Morgan fingerprint density at radius 3 is 2.57 bits per heavy atom. The quantitative estimate of drug-likeness (QED) is 0.813. The highest BCUT2D eigenvalue weighted by molar-refractivity contribution is 5.49. The summed E-state index contributed by atoms with van der Waals surface area (Å²) in [5.41, 5.74) is 2.09. The molecule has 21 heavy (non-hydrogen) atoms. The fourth-order valence-electron chi connectivity index (χ4n) is 3.11. The van der Waals surface area contributed by atoms with Crippen molar-refractivity contribution in [2.75, 3.05) is 37.6 Å². The molecule has 116 valence electrons. The van der Waals surface area contributed by atoms with E-state index in [-0.39, 0.29) is 5.82 Å². The highest BCUT2D eigenvalue weighted by Crippen LogP contribution is 2.28. The molecule has 0 atom stereocenters. The van der Waals surface area contributed by atoms with Crippen LogP contribution < -0.4 is 10.2 Å². The molecule has 1 aliphatic carbocycles. The Hall–Kier alpha value is -1.13. The fraction of sp³-hybridized carbons (Fsp3) is 0.647. The van der Waals surface area contributed by atoms with Crippen LogP contribution in [0.4, 0.5) is 10.1 Å². The van der Waals surface area contributed by atoms with Gasteiger partial charge in [0, 0.05) is 44.5 Å². The molecule has 1 saturated heterocycles. The highest BCUT2D eigenvalue weighted by Gasteiger charge is 2.31. The van der Waals surface area contributed by atoms with Crippen molar-refractivity contribution < 1.29 is 4.39 Å². The summed E-state index contributed by atoms with van der Waals surface area (Å²) in [5.74, 6) is -0.120. The van der Waals surface area contributed by atoms with Crippen LogP contribution in [-0.4, -0.2) is 43.7 Å². The van der Waals surface area contributed by atoms with Gasteiger partial charge < -0.3 is 10.2 Å². The van der Waals surface area contributed by atoms with E-state index in [1.54, 1.807) is 12.1 Å². The predicted molar refractivity (Wildman–Crippen MR) is 85.2 cm³/mol. The highest BCUT2D eigenvalue weighted by atomic mass is 19.1. The van der Waals surface area contributed by atoms with Gasteiger partial charge in [-0.1, -0.05) is 6.92 Å². The molecule has 0 bridgehead atoms. The molecule has 4 heteroatoms. The minimum Gasteiger partial charge on any atom is -0.369 e. The number of hydrogen-bond donors (Lipinski definition) is 1. The summed E-state index contributed by atoms with van der Waals surface area (Å²) in [5, 5.41) is 3.35. The Labute approximate surface area is 127 Å². The molecular weight excluding hydrogens is 265 g/mol. The predicted octanol–water partition coefficient (Wildman–Crippen LogP) is 2.61. The Morgan fingerprint density at radius 1 is 1.14 bits per heavy atom. The van der Waals surface area contributed by atoms with Crippen molar-refractivity contribution >= 4 is 5.69 Å². The maximum absolute atomic E-state index is 13.8. The van der Waals surface area contributed by atoms with Gasteiger partial charge in [-0.3, -0.25) is 4.90 Å². The van der Waals surface area contributed by atoms with Crippen molar-refractivity contribution in [1.29, 1.82) is 0 Å². The summed E-state index contributed by atoms with van der Waals surface area (Å²) in [6, 6.07) is 6.30. The zero-order chi connectivity index (χ0) is 14.7. The fourth-order valence-corrected chi connectivity index (χ4v) is 3.11. The average molecular weight is 291 g/mol. The van der Waals surface area contributed by atoms with Gasteiger partial charge >= 0.3 is 0 Å². The molecule has 0 amide bonds. The number of hydrogen-bond acceptors (Lipinski definition) is 3. The third-order valence-electron chi connectivity index (χ3n) is 4.44. The molecule has 1 N–H and O–H groups in total. The number of nitrogens with one attached hydrogen (secondary N) is 1. The van der Waals surface area contributed by atoms with Crippen LogP contribution in [0.1, 0.15) is 31.7 Å². The first-order valence-electron chi connectivity index (χ1n) is 8.25. The van der Waals surface area contributed by atoms with E-state index in [0.717, 1.165) is 63.0 Å². The van der Waals surface area contributed by atoms with Gasteiger partial charge in [0.1, 0.15) is 5.82 Å². The zero-order valence-corrected chi connectivity index (χ0v) is 12.9. The first-order valence-corrected chi connectivity index (χ1v) is 8.25. The smallest absolute Gasteiger partial charge is 0.125 e. The molecule has 3 nitrogen and oxygen atoms in total. The van der Waals surface area contributed by atoms with Gasteiger partial charge in [-0.05, 0) is 49.6 Å². The van der Waals surface area contributed by atoms with E-state index in [1.807, 2.05) is 0 Å². The molecule has 1 aromatic rings. The van der Waals surface area contributed by atoms with Gasteiger partial charge in [0.25, 0.3) is 0 Å². The van der Waals surface area contributed by atoms with Gasteiger partial charge in [-0.15, -0.1) is 0 Å². The molecule has 2 aliphatic rings. The van der Waals surface area contributed by atoms with Gasteiger partial charge in [0.15, 0.2) is 0 Å². The van der Waals surface area contributed by atoms with Crippen LogP contribution >= 0.6 is 0 Å². The van der Waals surface area contributed by atoms with E-state index in [0.29, 0.717) is 0 Å². The number of rotatable bonds is 6. The second-order valence-electron chi connectivity index (χ2n) is 6.25. The number of anilines is 1. The van der Waals surface area contributed by atoms with Gasteiger partial charge in [0.2, 0.25) is 0 Å². The molecule has 0 spiro atoms. The van der Waals surface area contributed by atoms with Crippen LogP contribution in [0.5, 0.6) is 0 Å². The second kappa shape index (κ2) is 6.75. The lowest BCUT2D eigenvalue weighted by atomic mass is 10.1. The lowest BCUT2D eigenvalue weighted by Crippen LogP contribution is -2.47. The summed E-state index contributed by atoms with van der Waals surface area (Å²) < 4.78 is 13.8. The lowest BCUT2D eigenvalue weighted by Gasteiger charge is -2.36. The van der Waals surface area contributed by atoms with Crippen LogP contribution in [0.15, 0.2) is 18.2 Å². The molecule has 1 aromatic carbocycles. The molecule has 0 radical (unpaired) electrons. The molecular formula is C17H26FN3. The Kier molecular flexibility index (Phi) is 4.76. The minimum atomic E-state index is -0.120. The second-order valence-corrected chi connectivity index (χ2v) is 6.25. The average Bonchev–Trinajstić information content (AvgIpc) is 3.32. The van der Waals surface area contributed by atoms with Crippen LogP contribution in [-0.2, 0) is 6.54 Å². The molecule has 2 fully saturated rings. The summed E-state index contributed by atoms with van der Waals surface area (Å²) in [6.45, 7) is 8.13. The summed E-state index contributed by atoms with van der Waals surface area (Å²) in [4.78, 5) is 4.91. The summed E-state index contributed by atoms with van der Waals surface area (Å²) in [7, 11) is 0. The molecule has 3 rings (SSSR count). The van der Waals surface area contributed by atoms with Crippen LogP contribution in [0.3, 0.4) is 0 Å². The van der Waals surface area contributed by atoms with E-state index in [4.69, 9.17) is 0 Å². The van der Waals surface area contributed by atoms with E-state index >= 15 is 0 Å². The number of piperazine rings is 1. The summed E-state index contributed by atoms with van der Waals surface area (Å²) in [6.07, 6.45) is 3.84. The molecule has 1 aliphatic heterocycles. The molecule has 0 unspecified atom stereocenters. The third-order valence-corrected chi connectivity index (χ3v) is 4.44. The van der Waals surface area contributed by atoms with Crippen molar-refractivity contribution in [2.24, 2.45) is 0 Å². The number of nitrogens with zero attached hydrogens (tertiary/aromatic N) is 2. The zero-order valence-electron chi connectivity index (χ0n) is 12.9. The Morgan fingerprint density at radius 2 is 1.90 bits per heavy atom. The normalized spacial score (nSPS) is 20.0. The third kappa shape index (κ3) is 3.95. The first-order chi connectivity index (χ1) is 10.3. The number of benzene rings is 1. The molecule has 0 aromatic heterocycles. The lowest BCUT2D eigenvalue weighted by molar-refractivity contribution is 0.248. The van der Waals surface area contributed by atoms with Crippen LogP contribution in [0, 0.1) is 5.82 Å². The van der Waals surface area contributed by atoms with E-state index < -0.39 is 0 Å². The molecule has 1 saturated carbocycles. The monoisotopic (exact) mass is 291 g/mol. The van der Waals surface area contributed by atoms with E-state index in [2.05, 4.69) is 28.1 Å². The number of halogens is 1. The van der Waals surface area contributed by atoms with Gasteiger partial charge in [-0.25, -0.2) is 4.39 Å². The van der Waals surface area contributed by atoms with E-state index in [1.165, 1.54) is 12.8 Å². The van der Waals surface area contributed by atoms with E-state index in [9.17, 15) is 4.39 Å². The van der Waals surface area contributed by atoms with Crippen LogP contribution in [0.25, 0.3) is 0 Å². The van der Waals surface area contributed by atoms with Crippen LogP contribution in [0.2, 0.25) is 0 Å². The van der Waals surface area contributed by atoms with Gasteiger partial charge in [-0.2, -0.15) is 0 Å². The van der Waals surface area contributed by atoms with Crippen molar-refractivity contribution in [2.45, 2.75) is 38.8 Å². The minimum absolute atomic E-state index is 0.120. The van der Waals surface area contributed by atoms with Crippen molar-refractivity contribution in [1.82, 2.24) is 10.2 Å².